The Hall–Kier alpha value is -0.650. The van der Waals surface area contributed by atoms with Crippen molar-refractivity contribution in [2.45, 2.75) is 45.3 Å². The van der Waals surface area contributed by atoms with Gasteiger partial charge in [-0.2, -0.15) is 0 Å². The van der Waals surface area contributed by atoms with Crippen LogP contribution in [0.1, 0.15) is 34.1 Å². The molecule has 0 saturated heterocycles. The summed E-state index contributed by atoms with van der Waals surface area (Å²) in [5.74, 6) is -0.310. The number of rotatable bonds is 9. The first-order valence-electron chi connectivity index (χ1n) is 6.27. The highest BCUT2D eigenvalue weighted by atomic mass is 16.5. The first-order chi connectivity index (χ1) is 8.31. The topological polar surface area (TPSA) is 56.8 Å². The van der Waals surface area contributed by atoms with E-state index >= 15 is 0 Å². The Balaban J connectivity index is 4.17. The van der Waals surface area contributed by atoms with Crippen LogP contribution in [0.15, 0.2) is 0 Å². The maximum atomic E-state index is 11.7. The molecule has 5 nitrogen and oxygen atoms in total. The van der Waals surface area contributed by atoms with Gasteiger partial charge >= 0.3 is 5.97 Å². The average molecular weight is 261 g/mol. The number of hydrogen-bond donors (Lipinski definition) is 1. The Labute approximate surface area is 110 Å². The van der Waals surface area contributed by atoms with Gasteiger partial charge in [0, 0.05) is 13.7 Å². The van der Waals surface area contributed by atoms with E-state index in [0.717, 1.165) is 6.42 Å². The molecule has 0 saturated carbocycles. The fraction of sp³-hybridized carbons (Fsp3) is 0.923. The molecule has 1 unspecified atom stereocenters. The molecule has 0 aromatic rings. The third-order valence-electron chi connectivity index (χ3n) is 2.99. The molecule has 0 aliphatic carbocycles. The molecular weight excluding hydrogens is 234 g/mol. The summed E-state index contributed by atoms with van der Waals surface area (Å²) in [5, 5.41) is 3.09. The lowest BCUT2D eigenvalue weighted by atomic mass is 10.0. The Morgan fingerprint density at radius 3 is 2.28 bits per heavy atom. The monoisotopic (exact) mass is 261 g/mol. The molecule has 0 aromatic carbocycles. The van der Waals surface area contributed by atoms with Crippen molar-refractivity contribution in [1.82, 2.24) is 5.32 Å². The molecular formula is C13H27NO4. The molecule has 0 aliphatic heterocycles. The summed E-state index contributed by atoms with van der Waals surface area (Å²) >= 11 is 0. The van der Waals surface area contributed by atoms with Gasteiger partial charge in [0.1, 0.15) is 5.54 Å². The van der Waals surface area contributed by atoms with Crippen LogP contribution >= 0.6 is 0 Å². The van der Waals surface area contributed by atoms with Crippen molar-refractivity contribution in [3.05, 3.63) is 0 Å². The summed E-state index contributed by atoms with van der Waals surface area (Å²) in [7, 11) is 3.06. The molecule has 0 spiro atoms. The minimum absolute atomic E-state index is 0.208. The first kappa shape index (κ1) is 17.4. The van der Waals surface area contributed by atoms with Crippen LogP contribution in [0.2, 0.25) is 0 Å². The molecule has 0 aromatic heterocycles. The van der Waals surface area contributed by atoms with E-state index in [4.69, 9.17) is 14.2 Å². The van der Waals surface area contributed by atoms with Crippen molar-refractivity contribution in [1.29, 1.82) is 0 Å². The van der Waals surface area contributed by atoms with Gasteiger partial charge in [0.25, 0.3) is 0 Å². The van der Waals surface area contributed by atoms with Crippen molar-refractivity contribution >= 4 is 5.97 Å². The molecule has 0 radical (unpaired) electrons. The Bertz CT molecular complexity index is 255. The van der Waals surface area contributed by atoms with Crippen molar-refractivity contribution in [3.8, 4) is 0 Å². The molecule has 1 N–H and O–H groups in total. The molecule has 1 atom stereocenters. The predicted octanol–water partition coefficient (Wildman–Crippen LogP) is 1.36. The average Bonchev–Trinajstić information content (AvgIpc) is 2.34. The Kier molecular flexibility index (Phi) is 7.43. The largest absolute Gasteiger partial charge is 0.468 e. The van der Waals surface area contributed by atoms with E-state index in [0.29, 0.717) is 13.2 Å². The predicted molar refractivity (Wildman–Crippen MR) is 70.6 cm³/mol. The molecule has 108 valence electrons. The lowest BCUT2D eigenvalue weighted by Crippen LogP contribution is -2.53. The van der Waals surface area contributed by atoms with Gasteiger partial charge in [-0.05, 0) is 33.7 Å². The SMILES string of the molecule is CCNC(C)(COCCC(C)(C)OC)C(=O)OC. The summed E-state index contributed by atoms with van der Waals surface area (Å²) in [6, 6.07) is 0. The molecule has 0 bridgehead atoms. The van der Waals surface area contributed by atoms with Gasteiger partial charge in [-0.25, -0.2) is 4.79 Å². The summed E-state index contributed by atoms with van der Waals surface area (Å²) < 4.78 is 15.6. The van der Waals surface area contributed by atoms with Crippen molar-refractivity contribution < 1.29 is 19.0 Å². The van der Waals surface area contributed by atoms with Crippen LogP contribution in [-0.2, 0) is 19.0 Å². The van der Waals surface area contributed by atoms with Crippen LogP contribution in [0.3, 0.4) is 0 Å². The fourth-order valence-corrected chi connectivity index (χ4v) is 1.49. The number of methoxy groups -OCH3 is 2. The van der Waals surface area contributed by atoms with Crippen molar-refractivity contribution in [2.24, 2.45) is 0 Å². The number of nitrogens with one attached hydrogen (secondary N) is 1. The van der Waals surface area contributed by atoms with Gasteiger partial charge < -0.3 is 19.5 Å². The van der Waals surface area contributed by atoms with Gasteiger partial charge in [-0.3, -0.25) is 0 Å². The van der Waals surface area contributed by atoms with Crippen LogP contribution in [0.5, 0.6) is 0 Å². The highest BCUT2D eigenvalue weighted by Crippen LogP contribution is 2.14. The quantitative estimate of drug-likeness (QED) is 0.501. The van der Waals surface area contributed by atoms with E-state index in [-0.39, 0.29) is 18.2 Å². The Morgan fingerprint density at radius 2 is 1.83 bits per heavy atom. The van der Waals surface area contributed by atoms with Crippen LogP contribution in [0.25, 0.3) is 0 Å². The van der Waals surface area contributed by atoms with Crippen LogP contribution in [0.4, 0.5) is 0 Å². The zero-order valence-corrected chi connectivity index (χ0v) is 12.5. The number of ether oxygens (including phenoxy) is 3. The second-order valence-corrected chi connectivity index (χ2v) is 5.12. The fourth-order valence-electron chi connectivity index (χ4n) is 1.49. The number of likely N-dealkylation sites (N-methyl/N-ethyl adjacent to an activating group) is 1. The highest BCUT2D eigenvalue weighted by Gasteiger charge is 2.33. The summed E-state index contributed by atoms with van der Waals surface area (Å²) in [4.78, 5) is 11.7. The highest BCUT2D eigenvalue weighted by molar-refractivity contribution is 5.80. The van der Waals surface area contributed by atoms with Gasteiger partial charge in [-0.15, -0.1) is 0 Å². The minimum atomic E-state index is -0.791. The lowest BCUT2D eigenvalue weighted by molar-refractivity contribution is -0.150. The molecule has 0 amide bonds. The zero-order chi connectivity index (χ0) is 14.2. The van der Waals surface area contributed by atoms with Crippen molar-refractivity contribution in [3.63, 3.8) is 0 Å². The van der Waals surface area contributed by atoms with E-state index in [1.165, 1.54) is 7.11 Å². The second-order valence-electron chi connectivity index (χ2n) is 5.12. The van der Waals surface area contributed by atoms with Gasteiger partial charge in [0.2, 0.25) is 0 Å². The normalized spacial score (nSPS) is 15.2. The molecule has 0 heterocycles. The van der Waals surface area contributed by atoms with Crippen molar-refractivity contribution in [2.75, 3.05) is 34.0 Å². The number of carbonyl (C=O) groups is 1. The molecule has 0 aliphatic rings. The van der Waals surface area contributed by atoms with E-state index in [2.05, 4.69) is 5.32 Å². The van der Waals surface area contributed by atoms with Gasteiger partial charge in [0.05, 0.1) is 19.3 Å². The number of carbonyl (C=O) groups excluding carboxylic acids is 1. The number of esters is 1. The van der Waals surface area contributed by atoms with E-state index in [9.17, 15) is 4.79 Å². The third kappa shape index (κ3) is 5.80. The maximum Gasteiger partial charge on any atom is 0.328 e. The van der Waals surface area contributed by atoms with Gasteiger partial charge in [0.15, 0.2) is 0 Å². The molecule has 0 rings (SSSR count). The maximum absolute atomic E-state index is 11.7. The summed E-state index contributed by atoms with van der Waals surface area (Å²) in [6.07, 6.45) is 0.771. The summed E-state index contributed by atoms with van der Waals surface area (Å²) in [5.41, 5.74) is -0.999. The first-order valence-corrected chi connectivity index (χ1v) is 6.27. The summed E-state index contributed by atoms with van der Waals surface area (Å²) in [6.45, 7) is 9.23. The van der Waals surface area contributed by atoms with E-state index in [1.54, 1.807) is 14.0 Å². The smallest absolute Gasteiger partial charge is 0.328 e. The van der Waals surface area contributed by atoms with Crippen LogP contribution in [0, 0.1) is 0 Å². The van der Waals surface area contributed by atoms with Crippen LogP contribution in [-0.4, -0.2) is 51.1 Å². The zero-order valence-electron chi connectivity index (χ0n) is 12.5. The van der Waals surface area contributed by atoms with Gasteiger partial charge in [-0.1, -0.05) is 6.92 Å². The third-order valence-corrected chi connectivity index (χ3v) is 2.99. The van der Waals surface area contributed by atoms with E-state index in [1.807, 2.05) is 20.8 Å². The second kappa shape index (κ2) is 7.71. The minimum Gasteiger partial charge on any atom is -0.468 e. The molecule has 18 heavy (non-hydrogen) atoms. The Morgan fingerprint density at radius 1 is 1.22 bits per heavy atom. The number of hydrogen-bond acceptors (Lipinski definition) is 5. The standard InChI is InChI=1S/C13H27NO4/c1-7-14-13(4,11(15)16-5)10-18-9-8-12(2,3)17-6/h14H,7-10H2,1-6H3. The van der Waals surface area contributed by atoms with E-state index < -0.39 is 5.54 Å². The molecule has 5 heteroatoms. The lowest BCUT2D eigenvalue weighted by Gasteiger charge is -2.28. The molecule has 0 fully saturated rings. The van der Waals surface area contributed by atoms with Crippen LogP contribution < -0.4 is 5.32 Å².